The number of hydrogen-bond acceptors (Lipinski definition) is 4. The van der Waals surface area contributed by atoms with Gasteiger partial charge in [-0.3, -0.25) is 4.79 Å². The molecule has 180 valence electrons. The molecule has 5 rings (SSSR count). The Balaban J connectivity index is 1.34. The van der Waals surface area contributed by atoms with Crippen LogP contribution in [0.3, 0.4) is 0 Å². The summed E-state index contributed by atoms with van der Waals surface area (Å²) < 4.78 is 7.93. The van der Waals surface area contributed by atoms with Crippen molar-refractivity contribution in [2.45, 2.75) is 44.8 Å². The first-order chi connectivity index (χ1) is 17.0. The molecule has 2 atom stereocenters. The number of carbonyl (C=O) groups is 1. The molecule has 4 aromatic rings. The molecule has 1 aliphatic heterocycles. The lowest BCUT2D eigenvalue weighted by Gasteiger charge is -2.19. The number of aliphatic hydroxyl groups is 1. The van der Waals surface area contributed by atoms with Gasteiger partial charge in [0.05, 0.1) is 17.6 Å². The summed E-state index contributed by atoms with van der Waals surface area (Å²) in [6.07, 6.45) is -0.328. The van der Waals surface area contributed by atoms with Gasteiger partial charge in [-0.2, -0.15) is 0 Å². The van der Waals surface area contributed by atoms with Crippen LogP contribution in [0, 0.1) is 0 Å². The first-order valence-corrected chi connectivity index (χ1v) is 12.2. The van der Waals surface area contributed by atoms with Crippen molar-refractivity contribution < 1.29 is 14.6 Å². The summed E-state index contributed by atoms with van der Waals surface area (Å²) >= 11 is 0. The van der Waals surface area contributed by atoms with Crippen molar-refractivity contribution in [1.82, 2.24) is 9.55 Å². The highest BCUT2D eigenvalue weighted by molar-refractivity contribution is 5.96. The molecule has 6 nitrogen and oxygen atoms in total. The molecule has 1 aliphatic rings. The lowest BCUT2D eigenvalue weighted by Crippen LogP contribution is -2.26. The number of aliphatic hydroxyl groups excluding tert-OH is 1. The van der Waals surface area contributed by atoms with Crippen molar-refractivity contribution in [2.75, 3.05) is 18.1 Å². The van der Waals surface area contributed by atoms with Gasteiger partial charge >= 0.3 is 0 Å². The lowest BCUT2D eigenvalue weighted by atomic mass is 10.0. The minimum atomic E-state index is -0.724. The summed E-state index contributed by atoms with van der Waals surface area (Å²) in [4.78, 5) is 19.6. The Hall–Kier alpha value is -3.64. The standard InChI is InChI=1S/C29H31N3O3/c1-20(2)21-12-14-25(15-13-21)35-19-24(33)18-32-27-11-7-6-10-26(27)30-29(32)22-16-28(34)31(17-22)23-8-4-3-5-9-23/h3-15,20,22,24,33H,16-19H2,1-2H3. The molecule has 1 saturated heterocycles. The van der Waals surface area contributed by atoms with Crippen molar-refractivity contribution in [2.24, 2.45) is 0 Å². The van der Waals surface area contributed by atoms with Crippen molar-refractivity contribution >= 4 is 22.6 Å². The second-order valence-electron chi connectivity index (χ2n) is 9.50. The third-order valence-electron chi connectivity index (χ3n) is 6.62. The largest absolute Gasteiger partial charge is 0.491 e. The third kappa shape index (κ3) is 4.93. The fourth-order valence-corrected chi connectivity index (χ4v) is 4.74. The maximum absolute atomic E-state index is 12.9. The summed E-state index contributed by atoms with van der Waals surface area (Å²) in [5.41, 5.74) is 3.97. The number of ether oxygens (including phenoxy) is 1. The molecule has 1 N–H and O–H groups in total. The van der Waals surface area contributed by atoms with Crippen LogP contribution in [0.25, 0.3) is 11.0 Å². The monoisotopic (exact) mass is 469 g/mol. The average Bonchev–Trinajstić information content (AvgIpc) is 3.44. The van der Waals surface area contributed by atoms with Gasteiger partial charge in [0.1, 0.15) is 24.3 Å². The Morgan fingerprint density at radius 2 is 1.71 bits per heavy atom. The molecule has 0 saturated carbocycles. The summed E-state index contributed by atoms with van der Waals surface area (Å²) in [6.45, 7) is 5.40. The molecule has 3 aromatic carbocycles. The van der Waals surface area contributed by atoms with Gasteiger partial charge in [0, 0.05) is 24.6 Å². The highest BCUT2D eigenvalue weighted by atomic mass is 16.5. The van der Waals surface area contributed by atoms with E-state index in [1.54, 1.807) is 0 Å². The number of aromatic nitrogens is 2. The molecule has 6 heteroatoms. The molecule has 1 amide bonds. The lowest BCUT2D eigenvalue weighted by molar-refractivity contribution is -0.117. The molecule has 2 unspecified atom stereocenters. The number of anilines is 1. The van der Waals surface area contributed by atoms with E-state index in [1.807, 2.05) is 71.6 Å². The highest BCUT2D eigenvalue weighted by Crippen LogP contribution is 2.33. The van der Waals surface area contributed by atoms with E-state index in [4.69, 9.17) is 9.72 Å². The van der Waals surface area contributed by atoms with Crippen LogP contribution in [-0.4, -0.2) is 39.8 Å². The molecule has 0 bridgehead atoms. The van der Waals surface area contributed by atoms with Gasteiger partial charge in [0.2, 0.25) is 5.91 Å². The van der Waals surface area contributed by atoms with Crippen LogP contribution in [0.15, 0.2) is 78.9 Å². The zero-order valence-electron chi connectivity index (χ0n) is 20.2. The van der Waals surface area contributed by atoms with Crippen LogP contribution in [0.2, 0.25) is 0 Å². The van der Waals surface area contributed by atoms with Gasteiger partial charge in [0.15, 0.2) is 0 Å². The molecule has 2 heterocycles. The maximum Gasteiger partial charge on any atom is 0.227 e. The number of amides is 1. The smallest absolute Gasteiger partial charge is 0.227 e. The van der Waals surface area contributed by atoms with Gasteiger partial charge in [0.25, 0.3) is 0 Å². The van der Waals surface area contributed by atoms with Crippen LogP contribution in [0.4, 0.5) is 5.69 Å². The Kier molecular flexibility index (Phi) is 6.55. The van der Waals surface area contributed by atoms with Gasteiger partial charge < -0.3 is 19.3 Å². The Bertz CT molecular complexity index is 1300. The molecule has 0 spiro atoms. The highest BCUT2D eigenvalue weighted by Gasteiger charge is 2.35. The van der Waals surface area contributed by atoms with Gasteiger partial charge in [-0.1, -0.05) is 56.3 Å². The van der Waals surface area contributed by atoms with E-state index >= 15 is 0 Å². The van der Waals surface area contributed by atoms with Crippen molar-refractivity contribution in [1.29, 1.82) is 0 Å². The van der Waals surface area contributed by atoms with E-state index in [2.05, 4.69) is 30.5 Å². The summed E-state index contributed by atoms with van der Waals surface area (Å²) in [5.74, 6) is 2.07. The molecule has 0 radical (unpaired) electrons. The van der Waals surface area contributed by atoms with Crippen LogP contribution < -0.4 is 9.64 Å². The number of para-hydroxylation sites is 3. The summed E-state index contributed by atoms with van der Waals surface area (Å²) in [7, 11) is 0. The number of carbonyl (C=O) groups excluding carboxylic acids is 1. The molecule has 1 aromatic heterocycles. The van der Waals surface area contributed by atoms with Crippen molar-refractivity contribution in [3.63, 3.8) is 0 Å². The van der Waals surface area contributed by atoms with E-state index in [0.29, 0.717) is 25.4 Å². The number of rotatable bonds is 8. The minimum absolute atomic E-state index is 0.0493. The Morgan fingerprint density at radius 1 is 1.00 bits per heavy atom. The van der Waals surface area contributed by atoms with Gasteiger partial charge in [-0.05, 0) is 47.9 Å². The number of hydrogen-bond donors (Lipinski definition) is 1. The molecule has 1 fully saturated rings. The van der Waals surface area contributed by atoms with E-state index in [9.17, 15) is 9.90 Å². The molecule has 35 heavy (non-hydrogen) atoms. The maximum atomic E-state index is 12.9. The summed E-state index contributed by atoms with van der Waals surface area (Å²) in [6, 6.07) is 25.7. The first kappa shape index (κ1) is 23.1. The molecular weight excluding hydrogens is 438 g/mol. The van der Waals surface area contributed by atoms with E-state index in [1.165, 1.54) is 5.56 Å². The molecular formula is C29H31N3O3. The van der Waals surface area contributed by atoms with Crippen molar-refractivity contribution in [3.05, 3.63) is 90.3 Å². The normalized spacial score (nSPS) is 16.9. The number of nitrogens with zero attached hydrogens (tertiary/aromatic N) is 3. The van der Waals surface area contributed by atoms with Crippen molar-refractivity contribution in [3.8, 4) is 5.75 Å². The van der Waals surface area contributed by atoms with Gasteiger partial charge in [-0.15, -0.1) is 0 Å². The average molecular weight is 470 g/mol. The number of fused-ring (bicyclic) bond motifs is 1. The zero-order valence-corrected chi connectivity index (χ0v) is 20.2. The van der Waals surface area contributed by atoms with Crippen LogP contribution in [-0.2, 0) is 11.3 Å². The fraction of sp³-hybridized carbons (Fsp3) is 0.310. The predicted molar refractivity (Wildman–Crippen MR) is 138 cm³/mol. The quantitative estimate of drug-likeness (QED) is 0.389. The predicted octanol–water partition coefficient (Wildman–Crippen LogP) is 5.12. The number of benzene rings is 3. The zero-order chi connectivity index (χ0) is 24.4. The van der Waals surface area contributed by atoms with Crippen LogP contribution >= 0.6 is 0 Å². The van der Waals surface area contributed by atoms with Crippen LogP contribution in [0.1, 0.15) is 43.5 Å². The third-order valence-corrected chi connectivity index (χ3v) is 6.62. The van der Waals surface area contributed by atoms with Crippen LogP contribution in [0.5, 0.6) is 5.75 Å². The second kappa shape index (κ2) is 9.92. The Labute approximate surface area is 205 Å². The van der Waals surface area contributed by atoms with Gasteiger partial charge in [-0.25, -0.2) is 4.98 Å². The SMILES string of the molecule is CC(C)c1ccc(OCC(O)Cn2c(C3CC(=O)N(c4ccccc4)C3)nc3ccccc32)cc1. The topological polar surface area (TPSA) is 67.6 Å². The minimum Gasteiger partial charge on any atom is -0.491 e. The first-order valence-electron chi connectivity index (χ1n) is 12.2. The second-order valence-corrected chi connectivity index (χ2v) is 9.50. The summed E-state index contributed by atoms with van der Waals surface area (Å²) in [5, 5.41) is 10.9. The fourth-order valence-electron chi connectivity index (χ4n) is 4.74. The van der Waals surface area contributed by atoms with E-state index in [-0.39, 0.29) is 18.4 Å². The number of imidazole rings is 1. The van der Waals surface area contributed by atoms with E-state index in [0.717, 1.165) is 28.3 Å². The molecule has 0 aliphatic carbocycles. The van der Waals surface area contributed by atoms with E-state index < -0.39 is 6.10 Å². The Morgan fingerprint density at radius 3 is 2.46 bits per heavy atom.